The number of aryl methyl sites for hydroxylation is 2. The molecule has 7 nitrogen and oxygen atoms in total. The lowest BCUT2D eigenvalue weighted by Crippen LogP contribution is -2.12. The van der Waals surface area contributed by atoms with E-state index in [0.29, 0.717) is 16.4 Å². The van der Waals surface area contributed by atoms with E-state index in [1.807, 2.05) is 33.8 Å². The number of amides is 1. The summed E-state index contributed by atoms with van der Waals surface area (Å²) in [5.41, 5.74) is 3.26. The average Bonchev–Trinajstić information content (AvgIpc) is 3.15. The minimum Gasteiger partial charge on any atom is -0.507 e. The van der Waals surface area contributed by atoms with Gasteiger partial charge in [0.2, 0.25) is 5.13 Å². The molecule has 0 saturated heterocycles. The van der Waals surface area contributed by atoms with Crippen LogP contribution >= 0.6 is 11.3 Å². The Morgan fingerprint density at radius 1 is 1.24 bits per heavy atom. The van der Waals surface area contributed by atoms with Crippen molar-refractivity contribution in [3.63, 3.8) is 0 Å². The van der Waals surface area contributed by atoms with Crippen molar-refractivity contribution in [2.24, 2.45) is 0 Å². The van der Waals surface area contributed by atoms with Crippen molar-refractivity contribution >= 4 is 22.4 Å². The van der Waals surface area contributed by atoms with E-state index < -0.39 is 0 Å². The SMILES string of the molecule is Cc1cc(C)c(-c2cc(C(=O)Nc3nnc(C(C)C)s3)[nH]n2)c(O)c1. The first kappa shape index (κ1) is 17.1. The number of H-pyrrole nitrogens is 1. The molecule has 0 aliphatic carbocycles. The Morgan fingerprint density at radius 3 is 2.64 bits per heavy atom. The van der Waals surface area contributed by atoms with Crippen LogP contribution in [0.3, 0.4) is 0 Å². The summed E-state index contributed by atoms with van der Waals surface area (Å²) in [6.45, 7) is 7.84. The molecule has 0 spiro atoms. The van der Waals surface area contributed by atoms with Crippen molar-refractivity contribution in [1.82, 2.24) is 20.4 Å². The van der Waals surface area contributed by atoms with Crippen LogP contribution in [0.4, 0.5) is 5.13 Å². The number of aromatic nitrogens is 4. The second-order valence-electron chi connectivity index (χ2n) is 6.20. The largest absolute Gasteiger partial charge is 0.507 e. The topological polar surface area (TPSA) is 104 Å². The molecule has 25 heavy (non-hydrogen) atoms. The van der Waals surface area contributed by atoms with Crippen LogP contribution in [0, 0.1) is 13.8 Å². The number of aromatic amines is 1. The molecule has 1 amide bonds. The van der Waals surface area contributed by atoms with Crippen LogP contribution in [-0.2, 0) is 0 Å². The lowest BCUT2D eigenvalue weighted by molar-refractivity contribution is 0.102. The molecular weight excluding hydrogens is 338 g/mol. The Kier molecular flexibility index (Phi) is 4.54. The Hall–Kier alpha value is -2.74. The number of benzene rings is 1. The molecule has 8 heteroatoms. The van der Waals surface area contributed by atoms with Crippen LogP contribution in [0.25, 0.3) is 11.3 Å². The smallest absolute Gasteiger partial charge is 0.275 e. The third kappa shape index (κ3) is 3.53. The Balaban J connectivity index is 1.82. The monoisotopic (exact) mass is 357 g/mol. The van der Waals surface area contributed by atoms with E-state index in [2.05, 4.69) is 25.7 Å². The van der Waals surface area contributed by atoms with E-state index in [9.17, 15) is 9.90 Å². The maximum Gasteiger partial charge on any atom is 0.275 e. The summed E-state index contributed by atoms with van der Waals surface area (Å²) in [6, 6.07) is 5.24. The number of anilines is 1. The second kappa shape index (κ2) is 6.64. The molecule has 0 bridgehead atoms. The zero-order chi connectivity index (χ0) is 18.1. The maximum atomic E-state index is 12.4. The van der Waals surface area contributed by atoms with Crippen LogP contribution in [0.1, 0.15) is 46.4 Å². The van der Waals surface area contributed by atoms with Gasteiger partial charge in [-0.1, -0.05) is 31.3 Å². The van der Waals surface area contributed by atoms with Gasteiger partial charge in [-0.2, -0.15) is 5.10 Å². The molecule has 0 fully saturated rings. The molecular formula is C17H19N5O2S. The molecule has 0 aliphatic heterocycles. The highest BCUT2D eigenvalue weighted by atomic mass is 32.1. The van der Waals surface area contributed by atoms with Crippen LogP contribution in [-0.4, -0.2) is 31.4 Å². The molecule has 1 aromatic carbocycles. The standard InChI is InChI=1S/C17H19N5O2S/c1-8(2)16-21-22-17(25-16)18-15(24)12-7-11(19-20-12)14-10(4)5-9(3)6-13(14)23/h5-8,23H,1-4H3,(H,19,20)(H,18,22,24). The summed E-state index contributed by atoms with van der Waals surface area (Å²) in [5, 5.41) is 29.1. The van der Waals surface area contributed by atoms with E-state index in [-0.39, 0.29) is 23.3 Å². The molecule has 0 radical (unpaired) electrons. The summed E-state index contributed by atoms with van der Waals surface area (Å²) in [7, 11) is 0. The second-order valence-corrected chi connectivity index (χ2v) is 7.21. The summed E-state index contributed by atoms with van der Waals surface area (Å²) < 4.78 is 0. The number of phenols is 1. The minimum atomic E-state index is -0.352. The first-order valence-corrected chi connectivity index (χ1v) is 8.67. The zero-order valence-corrected chi connectivity index (χ0v) is 15.2. The fraction of sp³-hybridized carbons (Fsp3) is 0.294. The quantitative estimate of drug-likeness (QED) is 0.661. The molecule has 0 saturated carbocycles. The van der Waals surface area contributed by atoms with Gasteiger partial charge in [0.25, 0.3) is 5.91 Å². The van der Waals surface area contributed by atoms with Gasteiger partial charge in [-0.25, -0.2) is 0 Å². The summed E-state index contributed by atoms with van der Waals surface area (Å²) in [5.74, 6) is 0.0468. The van der Waals surface area contributed by atoms with Gasteiger partial charge >= 0.3 is 0 Å². The summed E-state index contributed by atoms with van der Waals surface area (Å²) >= 11 is 1.35. The van der Waals surface area contributed by atoms with Gasteiger partial charge in [0.1, 0.15) is 16.5 Å². The van der Waals surface area contributed by atoms with Crippen molar-refractivity contribution in [2.75, 3.05) is 5.32 Å². The predicted octanol–water partition coefficient (Wildman–Crippen LogP) is 3.63. The minimum absolute atomic E-state index is 0.140. The highest BCUT2D eigenvalue weighted by Gasteiger charge is 2.17. The normalized spacial score (nSPS) is 11.1. The van der Waals surface area contributed by atoms with Crippen LogP contribution in [0.15, 0.2) is 18.2 Å². The Bertz CT molecular complexity index is 906. The highest BCUT2D eigenvalue weighted by molar-refractivity contribution is 7.15. The van der Waals surface area contributed by atoms with Crippen molar-refractivity contribution in [1.29, 1.82) is 0 Å². The predicted molar refractivity (Wildman–Crippen MR) is 97.1 cm³/mol. The first-order chi connectivity index (χ1) is 11.8. The third-order valence-corrected chi connectivity index (χ3v) is 4.83. The Labute approximate surface area is 149 Å². The number of aromatic hydroxyl groups is 1. The Morgan fingerprint density at radius 2 is 2.00 bits per heavy atom. The van der Waals surface area contributed by atoms with Crippen LogP contribution in [0.5, 0.6) is 5.75 Å². The summed E-state index contributed by atoms with van der Waals surface area (Å²) in [4.78, 5) is 12.4. The fourth-order valence-corrected chi connectivity index (χ4v) is 3.27. The molecule has 3 N–H and O–H groups in total. The van der Waals surface area contributed by atoms with E-state index in [0.717, 1.165) is 16.1 Å². The van der Waals surface area contributed by atoms with Gasteiger partial charge in [0.15, 0.2) is 0 Å². The number of carbonyl (C=O) groups excluding carboxylic acids is 1. The van der Waals surface area contributed by atoms with Gasteiger partial charge in [-0.3, -0.25) is 15.2 Å². The molecule has 3 rings (SSSR count). The number of nitrogens with zero attached hydrogens (tertiary/aromatic N) is 3. The number of carbonyl (C=O) groups is 1. The van der Waals surface area contributed by atoms with Gasteiger partial charge in [0.05, 0.1) is 5.69 Å². The highest BCUT2D eigenvalue weighted by Crippen LogP contribution is 2.32. The molecule has 0 aliphatic rings. The number of hydrogen-bond acceptors (Lipinski definition) is 6. The van der Waals surface area contributed by atoms with E-state index in [4.69, 9.17) is 0 Å². The molecule has 130 valence electrons. The van der Waals surface area contributed by atoms with Crippen LogP contribution in [0.2, 0.25) is 0 Å². The van der Waals surface area contributed by atoms with E-state index in [1.54, 1.807) is 12.1 Å². The van der Waals surface area contributed by atoms with Crippen molar-refractivity contribution in [3.05, 3.63) is 40.0 Å². The molecule has 2 heterocycles. The van der Waals surface area contributed by atoms with Gasteiger partial charge in [-0.15, -0.1) is 10.2 Å². The third-order valence-electron chi connectivity index (χ3n) is 3.69. The molecule has 3 aromatic rings. The molecule has 2 aromatic heterocycles. The van der Waals surface area contributed by atoms with Gasteiger partial charge in [0, 0.05) is 11.5 Å². The van der Waals surface area contributed by atoms with Crippen molar-refractivity contribution in [3.8, 4) is 17.0 Å². The maximum absolute atomic E-state index is 12.4. The van der Waals surface area contributed by atoms with E-state index in [1.165, 1.54) is 11.3 Å². The lowest BCUT2D eigenvalue weighted by atomic mass is 10.0. The van der Waals surface area contributed by atoms with Crippen LogP contribution < -0.4 is 5.32 Å². The number of rotatable bonds is 4. The lowest BCUT2D eigenvalue weighted by Gasteiger charge is -2.06. The number of phenolic OH excluding ortho intramolecular Hbond substituents is 1. The zero-order valence-electron chi connectivity index (χ0n) is 14.4. The van der Waals surface area contributed by atoms with Crippen molar-refractivity contribution < 1.29 is 9.90 Å². The van der Waals surface area contributed by atoms with Crippen molar-refractivity contribution in [2.45, 2.75) is 33.6 Å². The summed E-state index contributed by atoms with van der Waals surface area (Å²) in [6.07, 6.45) is 0. The molecule has 0 unspecified atom stereocenters. The number of nitrogens with one attached hydrogen (secondary N) is 2. The van der Waals surface area contributed by atoms with E-state index >= 15 is 0 Å². The average molecular weight is 357 g/mol. The molecule has 0 atom stereocenters. The number of hydrogen-bond donors (Lipinski definition) is 3. The fourth-order valence-electron chi connectivity index (χ4n) is 2.53. The first-order valence-electron chi connectivity index (χ1n) is 7.86. The van der Waals surface area contributed by atoms with Gasteiger partial charge < -0.3 is 5.11 Å². The van der Waals surface area contributed by atoms with Gasteiger partial charge in [-0.05, 0) is 37.1 Å².